The van der Waals surface area contributed by atoms with E-state index in [4.69, 9.17) is 4.42 Å². The molecule has 0 spiro atoms. The predicted octanol–water partition coefficient (Wildman–Crippen LogP) is 3.76. The molecule has 0 aliphatic carbocycles. The zero-order valence-electron chi connectivity index (χ0n) is 8.71. The molecular formula is C11H15BrO2. The Balaban J connectivity index is 2.82. The summed E-state index contributed by atoms with van der Waals surface area (Å²) in [6.45, 7) is 5.82. The molecule has 0 N–H and O–H groups in total. The molecule has 0 amide bonds. The summed E-state index contributed by atoms with van der Waals surface area (Å²) in [4.78, 5) is 11.1. The molecule has 1 aromatic rings. The summed E-state index contributed by atoms with van der Waals surface area (Å²) >= 11 is 3.26. The fraction of sp³-hybridized carbons (Fsp3) is 0.545. The van der Waals surface area contributed by atoms with E-state index in [1.807, 2.05) is 12.1 Å². The molecule has 1 heterocycles. The average Bonchev–Trinajstić information content (AvgIpc) is 2.46. The van der Waals surface area contributed by atoms with E-state index in [0.29, 0.717) is 12.3 Å². The van der Waals surface area contributed by atoms with E-state index < -0.39 is 0 Å². The van der Waals surface area contributed by atoms with Gasteiger partial charge in [0, 0.05) is 12.3 Å². The van der Waals surface area contributed by atoms with Gasteiger partial charge in [0.05, 0.1) is 0 Å². The Hall–Kier alpha value is -0.570. The van der Waals surface area contributed by atoms with Crippen LogP contribution in [-0.2, 0) is 4.79 Å². The summed E-state index contributed by atoms with van der Waals surface area (Å²) in [6.07, 6.45) is 0.553. The Kier molecular flexibility index (Phi) is 3.93. The van der Waals surface area contributed by atoms with E-state index >= 15 is 0 Å². The van der Waals surface area contributed by atoms with Crippen LogP contribution in [0.2, 0.25) is 0 Å². The van der Waals surface area contributed by atoms with Gasteiger partial charge in [0.25, 0.3) is 0 Å². The summed E-state index contributed by atoms with van der Waals surface area (Å²) in [6, 6.07) is 3.79. The topological polar surface area (TPSA) is 30.2 Å². The highest BCUT2D eigenvalue weighted by molar-refractivity contribution is 9.10. The minimum atomic E-state index is 0.193. The van der Waals surface area contributed by atoms with Crippen LogP contribution in [0.25, 0.3) is 0 Å². The Morgan fingerprint density at radius 3 is 2.50 bits per heavy atom. The van der Waals surface area contributed by atoms with Crippen LogP contribution in [0, 0.1) is 5.92 Å². The number of hydrogen-bond donors (Lipinski definition) is 0. The molecule has 78 valence electrons. The molecule has 0 aromatic carbocycles. The number of rotatable bonds is 4. The van der Waals surface area contributed by atoms with Crippen molar-refractivity contribution in [2.75, 3.05) is 0 Å². The maximum Gasteiger partial charge on any atom is 0.169 e. The second-order valence-corrected chi connectivity index (χ2v) is 4.68. The molecule has 0 saturated carbocycles. The van der Waals surface area contributed by atoms with Crippen LogP contribution < -0.4 is 0 Å². The van der Waals surface area contributed by atoms with Gasteiger partial charge in [0.1, 0.15) is 11.5 Å². The molecular weight excluding hydrogens is 244 g/mol. The Bertz CT molecular complexity index is 315. The molecule has 1 unspecified atom stereocenters. The molecule has 0 aliphatic heterocycles. The van der Waals surface area contributed by atoms with Crippen molar-refractivity contribution in [3.63, 3.8) is 0 Å². The third-order valence-electron chi connectivity index (χ3n) is 2.27. The first-order valence-corrected chi connectivity index (χ1v) is 5.54. The van der Waals surface area contributed by atoms with Crippen molar-refractivity contribution in [3.8, 4) is 0 Å². The van der Waals surface area contributed by atoms with Gasteiger partial charge in [0.15, 0.2) is 4.67 Å². The van der Waals surface area contributed by atoms with E-state index in [2.05, 4.69) is 29.8 Å². The van der Waals surface area contributed by atoms with E-state index in [0.717, 1.165) is 10.4 Å². The third kappa shape index (κ3) is 2.98. The fourth-order valence-electron chi connectivity index (χ4n) is 1.50. The molecule has 1 rings (SSSR count). The number of hydrogen-bond acceptors (Lipinski definition) is 2. The summed E-state index contributed by atoms with van der Waals surface area (Å²) in [5.74, 6) is 1.70. The highest BCUT2D eigenvalue weighted by Crippen LogP contribution is 2.30. The molecule has 0 aliphatic rings. The monoisotopic (exact) mass is 258 g/mol. The lowest BCUT2D eigenvalue weighted by atomic mass is 9.89. The molecule has 1 atom stereocenters. The average molecular weight is 259 g/mol. The number of Topliss-reactive ketones (excluding diaryl/α,β-unsaturated/α-hetero) is 1. The van der Waals surface area contributed by atoms with Crippen molar-refractivity contribution in [3.05, 3.63) is 22.6 Å². The standard InChI is InChI=1S/C11H15BrO2/c1-7(2)9(6-8(3)13)10-4-5-11(12)14-10/h4-5,7,9H,6H2,1-3H3. The first-order chi connectivity index (χ1) is 6.50. The van der Waals surface area contributed by atoms with Crippen LogP contribution in [0.3, 0.4) is 0 Å². The van der Waals surface area contributed by atoms with Crippen molar-refractivity contribution < 1.29 is 9.21 Å². The number of halogens is 1. The molecule has 0 radical (unpaired) electrons. The van der Waals surface area contributed by atoms with Crippen LogP contribution in [-0.4, -0.2) is 5.78 Å². The van der Waals surface area contributed by atoms with Crippen molar-refractivity contribution in [2.24, 2.45) is 5.92 Å². The Morgan fingerprint density at radius 1 is 1.50 bits per heavy atom. The lowest BCUT2D eigenvalue weighted by Gasteiger charge is -2.16. The highest BCUT2D eigenvalue weighted by atomic mass is 79.9. The van der Waals surface area contributed by atoms with Gasteiger partial charge in [-0.2, -0.15) is 0 Å². The maximum absolute atomic E-state index is 11.1. The van der Waals surface area contributed by atoms with Gasteiger partial charge < -0.3 is 9.21 Å². The number of carbonyl (C=O) groups excluding carboxylic acids is 1. The van der Waals surface area contributed by atoms with Crippen LogP contribution in [0.4, 0.5) is 0 Å². The lowest BCUT2D eigenvalue weighted by Crippen LogP contribution is -2.09. The maximum atomic E-state index is 11.1. The zero-order chi connectivity index (χ0) is 10.7. The molecule has 1 aromatic heterocycles. The molecule has 0 fully saturated rings. The highest BCUT2D eigenvalue weighted by Gasteiger charge is 2.20. The van der Waals surface area contributed by atoms with Gasteiger partial charge >= 0.3 is 0 Å². The Labute approximate surface area is 92.8 Å². The first kappa shape index (κ1) is 11.5. The van der Waals surface area contributed by atoms with Crippen molar-refractivity contribution >= 4 is 21.7 Å². The molecule has 14 heavy (non-hydrogen) atoms. The fourth-order valence-corrected chi connectivity index (χ4v) is 1.82. The van der Waals surface area contributed by atoms with Crippen LogP contribution in [0.1, 0.15) is 38.9 Å². The van der Waals surface area contributed by atoms with Crippen molar-refractivity contribution in [1.82, 2.24) is 0 Å². The van der Waals surface area contributed by atoms with Crippen LogP contribution >= 0.6 is 15.9 Å². The van der Waals surface area contributed by atoms with Crippen molar-refractivity contribution in [2.45, 2.75) is 33.1 Å². The minimum Gasteiger partial charge on any atom is -0.454 e. The van der Waals surface area contributed by atoms with Crippen LogP contribution in [0.5, 0.6) is 0 Å². The van der Waals surface area contributed by atoms with Gasteiger partial charge in [-0.15, -0.1) is 0 Å². The first-order valence-electron chi connectivity index (χ1n) is 4.75. The smallest absolute Gasteiger partial charge is 0.169 e. The van der Waals surface area contributed by atoms with Crippen molar-refractivity contribution in [1.29, 1.82) is 0 Å². The van der Waals surface area contributed by atoms with Gasteiger partial charge in [-0.3, -0.25) is 0 Å². The minimum absolute atomic E-state index is 0.193. The van der Waals surface area contributed by atoms with E-state index in [9.17, 15) is 4.79 Å². The molecule has 3 heteroatoms. The summed E-state index contributed by atoms with van der Waals surface area (Å²) in [7, 11) is 0. The third-order valence-corrected chi connectivity index (χ3v) is 2.70. The quantitative estimate of drug-likeness (QED) is 0.824. The second kappa shape index (κ2) is 4.78. The normalized spacial score (nSPS) is 13.2. The molecule has 2 nitrogen and oxygen atoms in total. The molecule has 0 bridgehead atoms. The zero-order valence-corrected chi connectivity index (χ0v) is 10.3. The van der Waals surface area contributed by atoms with Crippen LogP contribution in [0.15, 0.2) is 21.2 Å². The van der Waals surface area contributed by atoms with E-state index in [1.165, 1.54) is 0 Å². The predicted molar refractivity (Wildman–Crippen MR) is 59.3 cm³/mol. The Morgan fingerprint density at radius 2 is 2.14 bits per heavy atom. The van der Waals surface area contributed by atoms with Gasteiger partial charge in [-0.05, 0) is 40.9 Å². The molecule has 0 saturated heterocycles. The SMILES string of the molecule is CC(=O)CC(c1ccc(Br)o1)C(C)C. The van der Waals surface area contributed by atoms with E-state index in [1.54, 1.807) is 6.92 Å². The second-order valence-electron chi connectivity index (χ2n) is 3.90. The number of furan rings is 1. The summed E-state index contributed by atoms with van der Waals surface area (Å²) < 4.78 is 6.20. The number of carbonyl (C=O) groups is 1. The number of ketones is 1. The largest absolute Gasteiger partial charge is 0.454 e. The summed E-state index contributed by atoms with van der Waals surface area (Å²) in [5, 5.41) is 0. The van der Waals surface area contributed by atoms with Gasteiger partial charge in [0.2, 0.25) is 0 Å². The lowest BCUT2D eigenvalue weighted by molar-refractivity contribution is -0.117. The summed E-state index contributed by atoms with van der Waals surface area (Å²) in [5.41, 5.74) is 0. The van der Waals surface area contributed by atoms with Gasteiger partial charge in [-0.1, -0.05) is 13.8 Å². The van der Waals surface area contributed by atoms with E-state index in [-0.39, 0.29) is 11.7 Å². The van der Waals surface area contributed by atoms with Gasteiger partial charge in [-0.25, -0.2) is 0 Å².